The monoisotopic (exact) mass is 265 g/mol. The van der Waals surface area contributed by atoms with E-state index in [1.807, 2.05) is 0 Å². The predicted octanol–water partition coefficient (Wildman–Crippen LogP) is 2.59. The third-order valence-electron chi connectivity index (χ3n) is 4.14. The molecule has 2 unspecified atom stereocenters. The third-order valence-corrected chi connectivity index (χ3v) is 4.14. The van der Waals surface area contributed by atoms with Gasteiger partial charge in [0.1, 0.15) is 5.82 Å². The Hall–Kier alpha value is -1.00. The number of rotatable bonds is 5. The van der Waals surface area contributed by atoms with Crippen LogP contribution in [-0.4, -0.2) is 29.5 Å². The lowest BCUT2D eigenvalue weighted by atomic mass is 9.95. The maximum absolute atomic E-state index is 12.8. The second kappa shape index (κ2) is 6.44. The van der Waals surface area contributed by atoms with Crippen molar-refractivity contribution in [2.75, 3.05) is 19.6 Å². The van der Waals surface area contributed by atoms with E-state index < -0.39 is 0 Å². The molecule has 0 saturated carbocycles. The zero-order chi connectivity index (χ0) is 13.8. The molecule has 106 valence electrons. The number of likely N-dealkylation sites (tertiary alicyclic amines) is 1. The molecule has 4 heteroatoms. The van der Waals surface area contributed by atoms with Crippen molar-refractivity contribution in [2.24, 2.45) is 17.6 Å². The SMILES string of the molecule is CC(C)C1CCN(CCC(N)c2ccc(F)cn2)C1. The second-order valence-electron chi connectivity index (χ2n) is 5.89. The van der Waals surface area contributed by atoms with Gasteiger partial charge in [-0.3, -0.25) is 4.98 Å². The highest BCUT2D eigenvalue weighted by Gasteiger charge is 2.24. The second-order valence-corrected chi connectivity index (χ2v) is 5.89. The Kier molecular flexibility index (Phi) is 4.88. The van der Waals surface area contributed by atoms with Crippen molar-refractivity contribution >= 4 is 0 Å². The van der Waals surface area contributed by atoms with Crippen LogP contribution in [-0.2, 0) is 0 Å². The van der Waals surface area contributed by atoms with Gasteiger partial charge in [0.15, 0.2) is 0 Å². The van der Waals surface area contributed by atoms with Crippen LogP contribution in [0.5, 0.6) is 0 Å². The van der Waals surface area contributed by atoms with Crippen LogP contribution in [0.3, 0.4) is 0 Å². The van der Waals surface area contributed by atoms with Crippen molar-refractivity contribution in [3.8, 4) is 0 Å². The number of nitrogens with two attached hydrogens (primary N) is 1. The first-order valence-electron chi connectivity index (χ1n) is 7.15. The molecule has 0 aromatic carbocycles. The van der Waals surface area contributed by atoms with E-state index in [0.717, 1.165) is 30.5 Å². The number of hydrogen-bond acceptors (Lipinski definition) is 3. The van der Waals surface area contributed by atoms with E-state index in [4.69, 9.17) is 5.73 Å². The van der Waals surface area contributed by atoms with Crippen molar-refractivity contribution in [3.05, 3.63) is 29.8 Å². The minimum absolute atomic E-state index is 0.0984. The summed E-state index contributed by atoms with van der Waals surface area (Å²) in [4.78, 5) is 6.53. The molecule has 0 bridgehead atoms. The molecular weight excluding hydrogens is 241 g/mol. The van der Waals surface area contributed by atoms with Crippen LogP contribution in [0, 0.1) is 17.7 Å². The van der Waals surface area contributed by atoms with Gasteiger partial charge >= 0.3 is 0 Å². The van der Waals surface area contributed by atoms with Gasteiger partial charge in [0, 0.05) is 19.1 Å². The highest BCUT2D eigenvalue weighted by atomic mass is 19.1. The normalized spacial score (nSPS) is 22.1. The number of aromatic nitrogens is 1. The van der Waals surface area contributed by atoms with Crippen LogP contribution >= 0.6 is 0 Å². The summed E-state index contributed by atoms with van der Waals surface area (Å²) in [5, 5.41) is 0. The zero-order valence-electron chi connectivity index (χ0n) is 11.8. The fourth-order valence-corrected chi connectivity index (χ4v) is 2.69. The Morgan fingerprint density at radius 3 is 2.84 bits per heavy atom. The summed E-state index contributed by atoms with van der Waals surface area (Å²) in [7, 11) is 0. The van der Waals surface area contributed by atoms with E-state index in [-0.39, 0.29) is 11.9 Å². The minimum atomic E-state index is -0.310. The van der Waals surface area contributed by atoms with Gasteiger partial charge in [-0.1, -0.05) is 13.8 Å². The molecule has 1 aromatic rings. The Labute approximate surface area is 115 Å². The van der Waals surface area contributed by atoms with E-state index in [1.165, 1.54) is 31.8 Å². The fraction of sp³-hybridized carbons (Fsp3) is 0.667. The summed E-state index contributed by atoms with van der Waals surface area (Å²) in [6.45, 7) is 7.95. The van der Waals surface area contributed by atoms with Gasteiger partial charge in [-0.2, -0.15) is 0 Å². The number of nitrogens with zero attached hydrogens (tertiary/aromatic N) is 2. The molecule has 2 N–H and O–H groups in total. The number of halogens is 1. The molecule has 2 rings (SSSR count). The van der Waals surface area contributed by atoms with E-state index in [0.29, 0.717) is 0 Å². The maximum Gasteiger partial charge on any atom is 0.141 e. The van der Waals surface area contributed by atoms with E-state index in [2.05, 4.69) is 23.7 Å². The maximum atomic E-state index is 12.8. The summed E-state index contributed by atoms with van der Waals surface area (Å²) < 4.78 is 12.8. The first-order chi connectivity index (χ1) is 9.06. The Morgan fingerprint density at radius 1 is 1.47 bits per heavy atom. The van der Waals surface area contributed by atoms with Gasteiger partial charge in [0.25, 0.3) is 0 Å². The number of hydrogen-bond donors (Lipinski definition) is 1. The molecule has 2 atom stereocenters. The van der Waals surface area contributed by atoms with Crippen molar-refractivity contribution in [3.63, 3.8) is 0 Å². The highest BCUT2D eigenvalue weighted by Crippen LogP contribution is 2.24. The topological polar surface area (TPSA) is 42.1 Å². The lowest BCUT2D eigenvalue weighted by Crippen LogP contribution is -2.26. The molecule has 1 saturated heterocycles. The van der Waals surface area contributed by atoms with Gasteiger partial charge in [-0.15, -0.1) is 0 Å². The standard InChI is InChI=1S/C15H24FN3/c1-11(2)12-5-7-19(10-12)8-6-14(17)15-4-3-13(16)9-18-15/h3-4,9,11-12,14H,5-8,10,17H2,1-2H3. The van der Waals surface area contributed by atoms with Crippen LogP contribution in [0.25, 0.3) is 0 Å². The Balaban J connectivity index is 1.78. The van der Waals surface area contributed by atoms with E-state index >= 15 is 0 Å². The van der Waals surface area contributed by atoms with Crippen LogP contribution in [0.4, 0.5) is 4.39 Å². The molecule has 1 aromatic heterocycles. The molecule has 0 spiro atoms. The minimum Gasteiger partial charge on any atom is -0.323 e. The summed E-state index contributed by atoms with van der Waals surface area (Å²) in [6.07, 6.45) is 3.41. The lowest BCUT2D eigenvalue weighted by Gasteiger charge is -2.19. The quantitative estimate of drug-likeness (QED) is 0.889. The molecular formula is C15H24FN3. The van der Waals surface area contributed by atoms with Crippen molar-refractivity contribution in [1.82, 2.24) is 9.88 Å². The first kappa shape index (κ1) is 14.4. The summed E-state index contributed by atoms with van der Waals surface area (Å²) in [5.74, 6) is 1.27. The average molecular weight is 265 g/mol. The van der Waals surface area contributed by atoms with E-state index in [1.54, 1.807) is 6.07 Å². The van der Waals surface area contributed by atoms with Crippen LogP contribution in [0.2, 0.25) is 0 Å². The summed E-state index contributed by atoms with van der Waals surface area (Å²) in [6, 6.07) is 3.01. The summed E-state index contributed by atoms with van der Waals surface area (Å²) >= 11 is 0. The zero-order valence-corrected chi connectivity index (χ0v) is 11.8. The van der Waals surface area contributed by atoms with Gasteiger partial charge in [0.05, 0.1) is 11.9 Å². The predicted molar refractivity (Wildman–Crippen MR) is 75.1 cm³/mol. The molecule has 1 fully saturated rings. The Bertz CT molecular complexity index is 391. The largest absolute Gasteiger partial charge is 0.323 e. The van der Waals surface area contributed by atoms with Crippen molar-refractivity contribution < 1.29 is 4.39 Å². The first-order valence-corrected chi connectivity index (χ1v) is 7.15. The number of pyridine rings is 1. The lowest BCUT2D eigenvalue weighted by molar-refractivity contribution is 0.292. The molecule has 2 heterocycles. The van der Waals surface area contributed by atoms with Crippen LogP contribution in [0.1, 0.15) is 38.4 Å². The summed E-state index contributed by atoms with van der Waals surface area (Å²) in [5.41, 5.74) is 6.88. The molecule has 3 nitrogen and oxygen atoms in total. The van der Waals surface area contributed by atoms with Crippen molar-refractivity contribution in [2.45, 2.75) is 32.7 Å². The fourth-order valence-electron chi connectivity index (χ4n) is 2.69. The molecule has 1 aliphatic rings. The van der Waals surface area contributed by atoms with Gasteiger partial charge in [-0.25, -0.2) is 4.39 Å². The third kappa shape index (κ3) is 3.98. The molecule has 0 aliphatic carbocycles. The van der Waals surface area contributed by atoms with Crippen LogP contribution < -0.4 is 5.73 Å². The Morgan fingerprint density at radius 2 is 2.26 bits per heavy atom. The van der Waals surface area contributed by atoms with Gasteiger partial charge in [-0.05, 0) is 43.4 Å². The highest BCUT2D eigenvalue weighted by molar-refractivity contribution is 5.09. The molecule has 1 aliphatic heterocycles. The molecule has 0 radical (unpaired) electrons. The van der Waals surface area contributed by atoms with Crippen LogP contribution in [0.15, 0.2) is 18.3 Å². The van der Waals surface area contributed by atoms with Crippen molar-refractivity contribution in [1.29, 1.82) is 0 Å². The molecule has 19 heavy (non-hydrogen) atoms. The van der Waals surface area contributed by atoms with Gasteiger partial charge < -0.3 is 10.6 Å². The van der Waals surface area contributed by atoms with Gasteiger partial charge in [0.2, 0.25) is 0 Å². The van der Waals surface area contributed by atoms with E-state index in [9.17, 15) is 4.39 Å². The smallest absolute Gasteiger partial charge is 0.141 e. The average Bonchev–Trinajstić information content (AvgIpc) is 2.86. The molecule has 0 amide bonds.